The van der Waals surface area contributed by atoms with E-state index in [1.54, 1.807) is 12.3 Å². The smallest absolute Gasteiger partial charge is 0.256 e. The van der Waals surface area contributed by atoms with Gasteiger partial charge in [-0.15, -0.1) is 11.8 Å². The first-order chi connectivity index (χ1) is 11.2. The van der Waals surface area contributed by atoms with Crippen LogP contribution in [0.25, 0.3) is 0 Å². The molecule has 1 aliphatic heterocycles. The van der Waals surface area contributed by atoms with E-state index in [0.29, 0.717) is 37.6 Å². The largest absolute Gasteiger partial charge is 0.378 e. The molecule has 0 spiro atoms. The van der Waals surface area contributed by atoms with Crippen LogP contribution in [0.3, 0.4) is 0 Å². The van der Waals surface area contributed by atoms with Gasteiger partial charge in [0.1, 0.15) is 10.8 Å². The van der Waals surface area contributed by atoms with E-state index in [0.717, 1.165) is 22.0 Å². The van der Waals surface area contributed by atoms with E-state index in [1.165, 1.54) is 11.8 Å². The molecule has 0 saturated carbocycles. The molecule has 122 valence electrons. The summed E-state index contributed by atoms with van der Waals surface area (Å²) in [5.74, 6) is 1.51. The summed E-state index contributed by atoms with van der Waals surface area (Å²) < 4.78 is 10.5. The second-order valence-corrected chi connectivity index (χ2v) is 6.32. The number of pyridine rings is 1. The summed E-state index contributed by atoms with van der Waals surface area (Å²) in [6, 6.07) is 3.63. The first-order valence-corrected chi connectivity index (χ1v) is 8.52. The molecule has 0 radical (unpaired) electrons. The SMILES string of the molecule is Cc1noc(C)c1CSc1ncccc1C(=O)N1CCOCC1. The highest BCUT2D eigenvalue weighted by atomic mass is 32.2. The van der Waals surface area contributed by atoms with Crippen LogP contribution in [0.1, 0.15) is 27.4 Å². The van der Waals surface area contributed by atoms with E-state index >= 15 is 0 Å². The molecule has 0 unspecified atom stereocenters. The molecule has 6 nitrogen and oxygen atoms in total. The van der Waals surface area contributed by atoms with Gasteiger partial charge in [-0.1, -0.05) is 5.16 Å². The van der Waals surface area contributed by atoms with Crippen molar-refractivity contribution in [1.29, 1.82) is 0 Å². The fourth-order valence-corrected chi connectivity index (χ4v) is 3.59. The van der Waals surface area contributed by atoms with Crippen molar-refractivity contribution < 1.29 is 14.1 Å². The van der Waals surface area contributed by atoms with Gasteiger partial charge in [-0.05, 0) is 26.0 Å². The van der Waals surface area contributed by atoms with Crippen molar-refractivity contribution in [3.63, 3.8) is 0 Å². The number of amides is 1. The second kappa shape index (κ2) is 7.14. The van der Waals surface area contributed by atoms with Crippen molar-refractivity contribution in [1.82, 2.24) is 15.0 Å². The summed E-state index contributed by atoms with van der Waals surface area (Å²) in [5.41, 5.74) is 2.59. The maximum atomic E-state index is 12.7. The highest BCUT2D eigenvalue weighted by Gasteiger charge is 2.22. The summed E-state index contributed by atoms with van der Waals surface area (Å²) in [4.78, 5) is 18.9. The molecule has 2 aromatic rings. The fourth-order valence-electron chi connectivity index (χ4n) is 2.45. The molecule has 0 aliphatic carbocycles. The van der Waals surface area contributed by atoms with Crippen molar-refractivity contribution in [3.8, 4) is 0 Å². The number of nitrogens with zero attached hydrogens (tertiary/aromatic N) is 3. The lowest BCUT2D eigenvalue weighted by molar-refractivity contribution is 0.0300. The van der Waals surface area contributed by atoms with E-state index in [9.17, 15) is 4.79 Å². The Hall–Kier alpha value is -1.86. The van der Waals surface area contributed by atoms with E-state index < -0.39 is 0 Å². The Labute approximate surface area is 139 Å². The van der Waals surface area contributed by atoms with Gasteiger partial charge in [-0.25, -0.2) is 4.98 Å². The summed E-state index contributed by atoms with van der Waals surface area (Å²) in [7, 11) is 0. The Morgan fingerprint density at radius 2 is 2.13 bits per heavy atom. The Morgan fingerprint density at radius 1 is 1.35 bits per heavy atom. The van der Waals surface area contributed by atoms with Gasteiger partial charge in [-0.3, -0.25) is 4.79 Å². The first-order valence-electron chi connectivity index (χ1n) is 7.53. The van der Waals surface area contributed by atoms with Crippen molar-refractivity contribution in [3.05, 3.63) is 40.9 Å². The molecule has 1 amide bonds. The van der Waals surface area contributed by atoms with E-state index in [-0.39, 0.29) is 5.91 Å². The fraction of sp³-hybridized carbons (Fsp3) is 0.438. The molecule has 3 heterocycles. The van der Waals surface area contributed by atoms with Crippen LogP contribution in [0.4, 0.5) is 0 Å². The molecule has 23 heavy (non-hydrogen) atoms. The van der Waals surface area contributed by atoms with Crippen LogP contribution < -0.4 is 0 Å². The number of morpholine rings is 1. The number of thioether (sulfide) groups is 1. The van der Waals surface area contributed by atoms with Gasteiger partial charge in [0.25, 0.3) is 5.91 Å². The molecule has 3 rings (SSSR count). The molecule has 2 aromatic heterocycles. The molecule has 7 heteroatoms. The third-order valence-electron chi connectivity index (χ3n) is 3.83. The molecule has 0 N–H and O–H groups in total. The van der Waals surface area contributed by atoms with E-state index in [1.807, 2.05) is 24.8 Å². The molecule has 0 bridgehead atoms. The lowest BCUT2D eigenvalue weighted by Crippen LogP contribution is -2.40. The number of carbonyl (C=O) groups is 1. The van der Waals surface area contributed by atoms with Gasteiger partial charge in [0.2, 0.25) is 0 Å². The average molecular weight is 333 g/mol. The minimum Gasteiger partial charge on any atom is -0.378 e. The topological polar surface area (TPSA) is 68.5 Å². The summed E-state index contributed by atoms with van der Waals surface area (Å²) >= 11 is 1.54. The maximum absolute atomic E-state index is 12.7. The van der Waals surface area contributed by atoms with Crippen molar-refractivity contribution >= 4 is 17.7 Å². The van der Waals surface area contributed by atoms with Crippen molar-refractivity contribution in [2.24, 2.45) is 0 Å². The molecule has 0 atom stereocenters. The highest BCUT2D eigenvalue weighted by Crippen LogP contribution is 2.27. The maximum Gasteiger partial charge on any atom is 0.256 e. The number of ether oxygens (including phenoxy) is 1. The number of aromatic nitrogens is 2. The average Bonchev–Trinajstić information content (AvgIpc) is 2.92. The highest BCUT2D eigenvalue weighted by molar-refractivity contribution is 7.98. The Balaban J connectivity index is 1.76. The summed E-state index contributed by atoms with van der Waals surface area (Å²) in [5, 5.41) is 4.70. The van der Waals surface area contributed by atoms with Gasteiger partial charge < -0.3 is 14.2 Å². The Kier molecular flexibility index (Phi) is 4.97. The zero-order chi connectivity index (χ0) is 16.2. The monoisotopic (exact) mass is 333 g/mol. The standard InChI is InChI=1S/C16H19N3O3S/c1-11-14(12(2)22-18-11)10-23-15-13(4-3-5-17-15)16(20)19-6-8-21-9-7-19/h3-5H,6-10H2,1-2H3. The van der Waals surface area contributed by atoms with Gasteiger partial charge in [0, 0.05) is 30.6 Å². The predicted octanol–water partition coefficient (Wildman–Crippen LogP) is 2.45. The summed E-state index contributed by atoms with van der Waals surface area (Å²) in [6.45, 7) is 6.25. The van der Waals surface area contributed by atoms with Crippen LogP contribution >= 0.6 is 11.8 Å². The molecule has 0 aromatic carbocycles. The quantitative estimate of drug-likeness (QED) is 0.801. The molecule has 1 aliphatic rings. The molecule has 1 saturated heterocycles. The van der Waals surface area contributed by atoms with Crippen LogP contribution in [0.15, 0.2) is 27.9 Å². The lowest BCUT2D eigenvalue weighted by atomic mass is 10.2. The molecule has 1 fully saturated rings. The second-order valence-electron chi connectivity index (χ2n) is 5.35. The van der Waals surface area contributed by atoms with Gasteiger partial charge in [-0.2, -0.15) is 0 Å². The van der Waals surface area contributed by atoms with E-state index in [4.69, 9.17) is 9.26 Å². The summed E-state index contributed by atoms with van der Waals surface area (Å²) in [6.07, 6.45) is 1.71. The third-order valence-corrected chi connectivity index (χ3v) is 4.87. The Bertz CT molecular complexity index is 676. The molecular formula is C16H19N3O3S. The van der Waals surface area contributed by atoms with Crippen LogP contribution in [0.2, 0.25) is 0 Å². The van der Waals surface area contributed by atoms with Gasteiger partial charge in [0.15, 0.2) is 0 Å². The first kappa shape index (κ1) is 16.0. The van der Waals surface area contributed by atoms with Crippen LogP contribution in [0, 0.1) is 13.8 Å². The molecular weight excluding hydrogens is 314 g/mol. The van der Waals surface area contributed by atoms with Crippen LogP contribution in [-0.4, -0.2) is 47.3 Å². The Morgan fingerprint density at radius 3 is 2.83 bits per heavy atom. The minimum atomic E-state index is 0.0164. The number of aryl methyl sites for hydroxylation is 2. The lowest BCUT2D eigenvalue weighted by Gasteiger charge is -2.27. The van der Waals surface area contributed by atoms with Crippen molar-refractivity contribution in [2.75, 3.05) is 26.3 Å². The number of rotatable bonds is 4. The van der Waals surface area contributed by atoms with Crippen LogP contribution in [0.5, 0.6) is 0 Å². The number of hydrogen-bond donors (Lipinski definition) is 0. The van der Waals surface area contributed by atoms with Crippen molar-refractivity contribution in [2.45, 2.75) is 24.6 Å². The van der Waals surface area contributed by atoms with Gasteiger partial charge >= 0.3 is 0 Å². The van der Waals surface area contributed by atoms with E-state index in [2.05, 4.69) is 10.1 Å². The van der Waals surface area contributed by atoms with Gasteiger partial charge in [0.05, 0.1) is 24.5 Å². The third kappa shape index (κ3) is 3.56. The number of hydrogen-bond acceptors (Lipinski definition) is 6. The number of carbonyl (C=O) groups excluding carboxylic acids is 1. The minimum absolute atomic E-state index is 0.0164. The predicted molar refractivity (Wildman–Crippen MR) is 86.5 cm³/mol. The normalized spacial score (nSPS) is 15.0. The van der Waals surface area contributed by atoms with Crippen LogP contribution in [-0.2, 0) is 10.5 Å². The zero-order valence-corrected chi connectivity index (χ0v) is 14.1. The zero-order valence-electron chi connectivity index (χ0n) is 13.2.